The first kappa shape index (κ1) is 16.5. The molecule has 122 valence electrons. The van der Waals surface area contributed by atoms with Crippen molar-refractivity contribution in [1.82, 2.24) is 4.90 Å². The molecule has 1 aliphatic rings. The predicted octanol–water partition coefficient (Wildman–Crippen LogP) is 4.25. The molecule has 1 atom stereocenters. The van der Waals surface area contributed by atoms with Crippen molar-refractivity contribution in [3.63, 3.8) is 0 Å². The lowest BCUT2D eigenvalue weighted by atomic mass is 10.2. The van der Waals surface area contributed by atoms with Gasteiger partial charge in [0.15, 0.2) is 0 Å². The van der Waals surface area contributed by atoms with E-state index in [2.05, 4.69) is 45.1 Å². The van der Waals surface area contributed by atoms with Crippen LogP contribution < -0.4 is 4.74 Å². The van der Waals surface area contributed by atoms with Gasteiger partial charge in [-0.05, 0) is 29.7 Å². The van der Waals surface area contributed by atoms with Crippen LogP contribution in [0.3, 0.4) is 0 Å². The van der Waals surface area contributed by atoms with Gasteiger partial charge in [0.05, 0.1) is 6.10 Å². The van der Waals surface area contributed by atoms with E-state index in [4.69, 9.17) is 9.47 Å². The zero-order valence-corrected chi connectivity index (χ0v) is 15.0. The first-order valence-corrected chi connectivity index (χ1v) is 8.74. The molecule has 0 radical (unpaired) electrons. The van der Waals surface area contributed by atoms with Crippen molar-refractivity contribution in [2.75, 3.05) is 20.2 Å². The van der Waals surface area contributed by atoms with Gasteiger partial charge in [-0.1, -0.05) is 52.3 Å². The summed E-state index contributed by atoms with van der Waals surface area (Å²) in [4.78, 5) is 2.43. The highest BCUT2D eigenvalue weighted by atomic mass is 79.9. The van der Waals surface area contributed by atoms with Gasteiger partial charge in [0.1, 0.15) is 12.4 Å². The molecule has 3 nitrogen and oxygen atoms in total. The van der Waals surface area contributed by atoms with E-state index in [0.717, 1.165) is 36.3 Å². The van der Waals surface area contributed by atoms with Crippen LogP contribution in [-0.2, 0) is 17.9 Å². The van der Waals surface area contributed by atoms with Crippen molar-refractivity contribution in [3.05, 3.63) is 64.1 Å². The van der Waals surface area contributed by atoms with Crippen molar-refractivity contribution in [1.29, 1.82) is 0 Å². The minimum Gasteiger partial charge on any atom is -0.489 e. The lowest BCUT2D eigenvalue weighted by molar-refractivity contribution is 0.107. The lowest BCUT2D eigenvalue weighted by Gasteiger charge is -2.17. The Hall–Kier alpha value is -1.36. The normalized spacial score (nSPS) is 18.3. The van der Waals surface area contributed by atoms with Crippen LogP contribution in [0.15, 0.2) is 53.0 Å². The molecule has 1 saturated heterocycles. The molecular weight excluding hydrogens is 354 g/mol. The second kappa shape index (κ2) is 7.95. The standard InChI is InChI=1S/C19H22BrNO2/c1-22-18-9-10-21(13-18)12-16-7-8-17(11-19(16)20)23-14-15-5-3-2-4-6-15/h2-8,11,18H,9-10,12-14H2,1H3/t18-/m1/s1. The Labute approximate surface area is 146 Å². The third kappa shape index (κ3) is 4.56. The average Bonchev–Trinajstić information content (AvgIpc) is 3.04. The van der Waals surface area contributed by atoms with E-state index in [1.165, 1.54) is 11.1 Å². The monoisotopic (exact) mass is 375 g/mol. The Morgan fingerprint density at radius 3 is 2.70 bits per heavy atom. The topological polar surface area (TPSA) is 21.7 Å². The smallest absolute Gasteiger partial charge is 0.120 e. The Bertz CT molecular complexity index is 633. The molecule has 1 aliphatic heterocycles. The number of likely N-dealkylation sites (tertiary alicyclic amines) is 1. The molecule has 0 unspecified atom stereocenters. The van der Waals surface area contributed by atoms with E-state index in [1.807, 2.05) is 24.3 Å². The van der Waals surface area contributed by atoms with E-state index < -0.39 is 0 Å². The molecule has 0 N–H and O–H groups in total. The summed E-state index contributed by atoms with van der Waals surface area (Å²) in [7, 11) is 1.79. The summed E-state index contributed by atoms with van der Waals surface area (Å²) in [6.07, 6.45) is 1.49. The van der Waals surface area contributed by atoms with Crippen LogP contribution in [0, 0.1) is 0 Å². The molecule has 1 heterocycles. The van der Waals surface area contributed by atoms with Crippen molar-refractivity contribution in [3.8, 4) is 5.75 Å². The van der Waals surface area contributed by atoms with Crippen LogP contribution >= 0.6 is 15.9 Å². The highest BCUT2D eigenvalue weighted by molar-refractivity contribution is 9.10. The van der Waals surface area contributed by atoms with E-state index in [1.54, 1.807) is 7.11 Å². The number of ether oxygens (including phenoxy) is 2. The number of rotatable bonds is 6. The maximum atomic E-state index is 5.87. The van der Waals surface area contributed by atoms with E-state index in [-0.39, 0.29) is 0 Å². The Kier molecular flexibility index (Phi) is 5.70. The van der Waals surface area contributed by atoms with Gasteiger partial charge in [-0.25, -0.2) is 0 Å². The molecule has 0 aliphatic carbocycles. The fourth-order valence-electron chi connectivity index (χ4n) is 2.86. The SMILES string of the molecule is CO[C@@H]1CCN(Cc2ccc(OCc3ccccc3)cc2Br)C1. The van der Waals surface area contributed by atoms with Crippen LogP contribution in [0.2, 0.25) is 0 Å². The van der Waals surface area contributed by atoms with E-state index in [0.29, 0.717) is 12.7 Å². The molecule has 0 bridgehead atoms. The van der Waals surface area contributed by atoms with Gasteiger partial charge in [-0.3, -0.25) is 4.90 Å². The number of hydrogen-bond donors (Lipinski definition) is 0. The van der Waals surface area contributed by atoms with Crippen LogP contribution in [0.5, 0.6) is 5.75 Å². The highest BCUT2D eigenvalue weighted by Crippen LogP contribution is 2.26. The van der Waals surface area contributed by atoms with Crippen molar-refractivity contribution in [2.45, 2.75) is 25.7 Å². The van der Waals surface area contributed by atoms with Crippen LogP contribution in [-0.4, -0.2) is 31.2 Å². The summed E-state index contributed by atoms with van der Waals surface area (Å²) >= 11 is 3.67. The summed E-state index contributed by atoms with van der Waals surface area (Å²) in [5.74, 6) is 0.890. The summed E-state index contributed by atoms with van der Waals surface area (Å²) in [6, 6.07) is 16.5. The third-order valence-electron chi connectivity index (χ3n) is 4.23. The highest BCUT2D eigenvalue weighted by Gasteiger charge is 2.22. The minimum absolute atomic E-state index is 0.377. The molecule has 2 aromatic rings. The van der Waals surface area contributed by atoms with Gasteiger partial charge in [-0.15, -0.1) is 0 Å². The summed E-state index contributed by atoms with van der Waals surface area (Å²) in [5, 5.41) is 0. The minimum atomic E-state index is 0.377. The molecule has 4 heteroatoms. The zero-order chi connectivity index (χ0) is 16.1. The van der Waals surface area contributed by atoms with Crippen LogP contribution in [0.1, 0.15) is 17.5 Å². The summed E-state index contributed by atoms with van der Waals surface area (Å²) in [5.41, 5.74) is 2.46. The number of benzene rings is 2. The molecule has 0 aromatic heterocycles. The summed E-state index contributed by atoms with van der Waals surface area (Å²) < 4.78 is 12.4. The quantitative estimate of drug-likeness (QED) is 0.753. The molecule has 0 spiro atoms. The van der Waals surface area contributed by atoms with E-state index >= 15 is 0 Å². The Morgan fingerprint density at radius 2 is 2.00 bits per heavy atom. The molecule has 0 saturated carbocycles. The molecule has 0 amide bonds. The lowest BCUT2D eigenvalue weighted by Crippen LogP contribution is -2.22. The predicted molar refractivity (Wildman–Crippen MR) is 95.6 cm³/mol. The number of nitrogens with zero attached hydrogens (tertiary/aromatic N) is 1. The van der Waals surface area contributed by atoms with Gasteiger partial charge in [-0.2, -0.15) is 0 Å². The first-order chi connectivity index (χ1) is 11.2. The largest absolute Gasteiger partial charge is 0.489 e. The van der Waals surface area contributed by atoms with Crippen molar-refractivity contribution >= 4 is 15.9 Å². The Morgan fingerprint density at radius 1 is 1.17 bits per heavy atom. The third-order valence-corrected chi connectivity index (χ3v) is 4.97. The molecular formula is C19H22BrNO2. The fraction of sp³-hybridized carbons (Fsp3) is 0.368. The number of halogens is 1. The molecule has 1 fully saturated rings. The zero-order valence-electron chi connectivity index (χ0n) is 13.4. The van der Waals surface area contributed by atoms with Gasteiger partial charge in [0.25, 0.3) is 0 Å². The van der Waals surface area contributed by atoms with Crippen LogP contribution in [0.4, 0.5) is 0 Å². The van der Waals surface area contributed by atoms with Crippen molar-refractivity contribution < 1.29 is 9.47 Å². The fourth-order valence-corrected chi connectivity index (χ4v) is 3.34. The molecule has 2 aromatic carbocycles. The van der Waals surface area contributed by atoms with E-state index in [9.17, 15) is 0 Å². The average molecular weight is 376 g/mol. The first-order valence-electron chi connectivity index (χ1n) is 7.95. The second-order valence-corrected chi connectivity index (χ2v) is 6.76. The maximum Gasteiger partial charge on any atom is 0.120 e. The number of hydrogen-bond acceptors (Lipinski definition) is 3. The van der Waals surface area contributed by atoms with Crippen LogP contribution in [0.25, 0.3) is 0 Å². The van der Waals surface area contributed by atoms with Gasteiger partial charge >= 0.3 is 0 Å². The second-order valence-electron chi connectivity index (χ2n) is 5.91. The van der Waals surface area contributed by atoms with Crippen molar-refractivity contribution in [2.24, 2.45) is 0 Å². The molecule has 23 heavy (non-hydrogen) atoms. The summed E-state index contributed by atoms with van der Waals surface area (Å²) in [6.45, 7) is 3.64. The number of methoxy groups -OCH3 is 1. The molecule has 3 rings (SSSR count). The maximum absolute atomic E-state index is 5.87. The van der Waals surface area contributed by atoms with Gasteiger partial charge in [0, 0.05) is 31.2 Å². The van der Waals surface area contributed by atoms with Gasteiger partial charge in [0.2, 0.25) is 0 Å². The van der Waals surface area contributed by atoms with Gasteiger partial charge < -0.3 is 9.47 Å². The Balaban J connectivity index is 1.57.